The third-order valence-electron chi connectivity index (χ3n) is 19.0. The van der Waals surface area contributed by atoms with Crippen molar-refractivity contribution in [2.24, 2.45) is 133 Å². The molecule has 0 fully saturated rings. The molecule has 0 aromatic carbocycles. The van der Waals surface area contributed by atoms with E-state index in [9.17, 15) is 0 Å². The second-order valence-electron chi connectivity index (χ2n) is 53.4. The lowest BCUT2D eigenvalue weighted by Gasteiger charge is -2.17. The standard InChI is InChI=1S/C10H16S.C9H17N3.2C9H16N2.C9H15NO.5C9H15N.2C8H14N2O.C8H14N2.5C2H6/c1-8-5-6-9(11-8)7-10(2,3)4;1-7-10-11-8(12(7)5)6-9(2,3)4;1-7-6-10-8(11-7)5-9(2,3)4;1-7-5-8(11-10-7)6-9(2,3)4;1-7-10-6-8(11-7)5-9(2,3)4;2*1-9(2,3)6-8-4-5-10-7-8;3*1-9(2,3)7-8-5-4-6-10-8;1-6-9-7(11-10-6)5-8(2,3)4;1-6-7(10-11-9-6)5-8(2,3)4;1-8(2,3)6-7-4-5-9-10-7;5*1-2/h5-6H,7H2,1-4H3;6H2,1-5H3;2*5-6H2,1-4H3;6H,5H2,1-4H3;4,7H,5-6H2,1-3H3;4-5H,6-7H2,1-3H3;5-6H,4,7H2,1-3H3;4,6H,5,7H2,1-3H3;4-5H,6-7H2,1-3H3;2*5H2,1-4H3;4H,5-6H2,1-3H3;5*1-2H3. The molecule has 0 saturated heterocycles. The van der Waals surface area contributed by atoms with E-state index >= 15 is 0 Å². The first-order valence-electron chi connectivity index (χ1n) is 55.3. The van der Waals surface area contributed by atoms with Crippen LogP contribution in [0.5, 0.6) is 0 Å². The number of oxazole rings is 1. The summed E-state index contributed by atoms with van der Waals surface area (Å²) in [6.45, 7) is 125. The molecule has 13 rings (SSSR count). The third kappa shape index (κ3) is 92.3. The number of azo groups is 1. The quantitative estimate of drug-likeness (QED) is 0.107. The maximum absolute atomic E-state index is 5.35. The molecular weight excluding hydrogens is 1850 g/mol. The van der Waals surface area contributed by atoms with Crippen molar-refractivity contribution in [1.29, 1.82) is 0 Å². The zero-order valence-corrected chi connectivity index (χ0v) is 107. The van der Waals surface area contributed by atoms with Crippen LogP contribution in [-0.2, 0) is 39.2 Å². The Hall–Kier alpha value is -8.60. The molecule has 0 aliphatic carbocycles. The fourth-order valence-electron chi connectivity index (χ4n) is 13.8. The van der Waals surface area contributed by atoms with Crippen LogP contribution < -0.4 is 0 Å². The van der Waals surface area contributed by atoms with Crippen LogP contribution in [0.3, 0.4) is 0 Å². The molecule has 148 heavy (non-hydrogen) atoms. The minimum Gasteiger partial charge on any atom is -0.446 e. The number of allylic oxidation sites excluding steroid dienone is 7. The Morgan fingerprint density at radius 3 is 1.31 bits per heavy atom. The summed E-state index contributed by atoms with van der Waals surface area (Å²) in [5, 5.41) is 35.4. The summed E-state index contributed by atoms with van der Waals surface area (Å²) in [5.74, 6) is 6.25. The molecule has 0 saturated carbocycles. The monoisotopic (exact) mass is 2070 g/mol. The van der Waals surface area contributed by atoms with Crippen LogP contribution in [0.1, 0.15) is 480 Å². The highest BCUT2D eigenvalue weighted by Crippen LogP contribution is 2.33. The maximum atomic E-state index is 5.35. The Bertz CT molecular complexity index is 4580. The molecule has 8 aliphatic heterocycles. The van der Waals surface area contributed by atoms with E-state index in [2.05, 4.69) is 427 Å². The number of aliphatic imine (C=N–C) groups is 7. The molecule has 23 heteroatoms. The third-order valence-corrected chi connectivity index (χ3v) is 20.0. The van der Waals surface area contributed by atoms with Gasteiger partial charge in [-0.25, -0.2) is 14.6 Å². The van der Waals surface area contributed by atoms with E-state index in [4.69, 9.17) is 8.94 Å². The highest BCUT2D eigenvalue weighted by molar-refractivity contribution is 7.11. The van der Waals surface area contributed by atoms with Crippen LogP contribution in [0.4, 0.5) is 0 Å². The number of hydrogen-bond acceptors (Lipinski definition) is 22. The fraction of sp³-hybridized carbons (Fsp3) is 0.728. The molecule has 0 radical (unpaired) electrons. The van der Waals surface area contributed by atoms with Crippen molar-refractivity contribution in [3.8, 4) is 0 Å². The summed E-state index contributed by atoms with van der Waals surface area (Å²) in [6.07, 6.45) is 41.3. The van der Waals surface area contributed by atoms with Crippen molar-refractivity contribution in [3.63, 3.8) is 0 Å². The highest BCUT2D eigenvalue weighted by atomic mass is 32.1. The molecule has 0 atom stereocenters. The van der Waals surface area contributed by atoms with E-state index in [-0.39, 0.29) is 21.7 Å². The lowest BCUT2D eigenvalue weighted by molar-refractivity contribution is 0.295. The highest BCUT2D eigenvalue weighted by Gasteiger charge is 2.25. The van der Waals surface area contributed by atoms with Crippen LogP contribution in [0.25, 0.3) is 0 Å². The minimum atomic E-state index is 0.221. The molecule has 0 unspecified atom stereocenters. The smallest absolute Gasteiger partial charge is 0.227 e. The first-order chi connectivity index (χ1) is 67.7. The molecule has 22 nitrogen and oxygen atoms in total. The number of aromatic nitrogens is 8. The first kappa shape index (κ1) is 148. The van der Waals surface area contributed by atoms with Crippen molar-refractivity contribution >= 4 is 64.4 Å². The lowest BCUT2D eigenvalue weighted by Crippen LogP contribution is -2.13. The molecule has 0 bridgehead atoms. The second kappa shape index (κ2) is 72.8. The van der Waals surface area contributed by atoms with E-state index < -0.39 is 0 Å². The minimum absolute atomic E-state index is 0.221. The number of rotatable bonds is 13. The Labute approximate surface area is 914 Å². The number of hydrogen-bond donors (Lipinski definition) is 0. The fourth-order valence-corrected chi connectivity index (χ4v) is 15.0. The van der Waals surface area contributed by atoms with Gasteiger partial charge in [0.1, 0.15) is 34.6 Å². The number of nitrogens with zero attached hydrogens (tertiary/aromatic N) is 19. The summed E-state index contributed by atoms with van der Waals surface area (Å²) in [7, 11) is 2.01. The summed E-state index contributed by atoms with van der Waals surface area (Å²) in [5.41, 5.74) is 17.7. The SMILES string of the molecule is CC.CC.CC.CC.CC.CC(C)(C)CC1=CC=NC1.CC(C)(C)CC1=CCC=N1.CC(C)(C)CC1=CCN=C1.CC(C)(C)CC1=CCN=N1.CC(C)(C)CC1=NC=CC1.CC(C)(C)CC1=NCC=C1.CC1=NC(CC(C)(C)C)=NC1.CC1=NN=C(CC(C)(C)C)C1.Cc1ccc(CC(C)(C)C)s1.Cc1ncc(CC(C)(C)C)o1.Cc1nnc(CC(C)(C)C)n1C.Cc1noc(CC(C)(C)C)n1.Cc1nonc1CC(C)(C)C. The summed E-state index contributed by atoms with van der Waals surface area (Å²) in [4.78, 5) is 40.8. The second-order valence-corrected chi connectivity index (χ2v) is 54.8. The molecule has 8 aliphatic rings. The van der Waals surface area contributed by atoms with Gasteiger partial charge in [0.2, 0.25) is 5.89 Å². The van der Waals surface area contributed by atoms with Gasteiger partial charge in [0.25, 0.3) is 0 Å². The van der Waals surface area contributed by atoms with E-state index in [1.54, 1.807) is 6.20 Å². The predicted octanol–water partition coefficient (Wildman–Crippen LogP) is 37.6. The summed E-state index contributed by atoms with van der Waals surface area (Å²) < 4.78 is 17.0. The van der Waals surface area contributed by atoms with Crippen molar-refractivity contribution in [1.82, 2.24) is 40.2 Å². The van der Waals surface area contributed by atoms with Gasteiger partial charge in [0.05, 0.1) is 44.6 Å². The van der Waals surface area contributed by atoms with Gasteiger partial charge in [-0.05, 0) is 211 Å². The zero-order valence-electron chi connectivity index (χ0n) is 107. The van der Waals surface area contributed by atoms with Crippen LogP contribution in [0.2, 0.25) is 0 Å². The molecule has 0 N–H and O–H groups in total. The van der Waals surface area contributed by atoms with Gasteiger partial charge in [-0.2, -0.15) is 25.4 Å². The van der Waals surface area contributed by atoms with Crippen molar-refractivity contribution in [2.45, 2.75) is 490 Å². The van der Waals surface area contributed by atoms with Gasteiger partial charge >= 0.3 is 0 Å². The molecule has 0 spiro atoms. The number of thiophene rings is 1. The van der Waals surface area contributed by atoms with Crippen molar-refractivity contribution < 1.29 is 13.6 Å². The van der Waals surface area contributed by atoms with Gasteiger partial charge < -0.3 is 13.5 Å². The van der Waals surface area contributed by atoms with Crippen molar-refractivity contribution in [2.75, 3.05) is 32.7 Å². The molecule has 846 valence electrons. The summed E-state index contributed by atoms with van der Waals surface area (Å²) in [6, 6.07) is 4.44. The number of amidine groups is 1. The average molecular weight is 2080 g/mol. The Morgan fingerprint density at radius 2 is 0.959 bits per heavy atom. The molecule has 13 heterocycles. The molecule has 0 amide bonds. The van der Waals surface area contributed by atoms with Crippen LogP contribution >= 0.6 is 11.3 Å². The van der Waals surface area contributed by atoms with Gasteiger partial charge in [0.15, 0.2) is 11.7 Å². The Balaban J connectivity index is -0.000000495. The van der Waals surface area contributed by atoms with Crippen molar-refractivity contribution in [3.05, 3.63) is 146 Å². The van der Waals surface area contributed by atoms with E-state index in [0.29, 0.717) is 54.6 Å². The van der Waals surface area contributed by atoms with Gasteiger partial charge in [-0.1, -0.05) is 379 Å². The first-order valence-corrected chi connectivity index (χ1v) is 56.1. The van der Waals surface area contributed by atoms with E-state index in [1.165, 1.54) is 56.6 Å². The van der Waals surface area contributed by atoms with Crippen LogP contribution in [-0.4, -0.2) is 126 Å². The lowest BCUT2D eigenvalue weighted by atomic mass is 9.88. The van der Waals surface area contributed by atoms with Gasteiger partial charge in [-0.3, -0.25) is 30.0 Å². The largest absolute Gasteiger partial charge is 0.446 e. The van der Waals surface area contributed by atoms with E-state index in [1.807, 2.05) is 159 Å². The topological polar surface area (TPSA) is 271 Å². The molecular formula is C125H227N19O3S. The Morgan fingerprint density at radius 1 is 0.439 bits per heavy atom. The van der Waals surface area contributed by atoms with Gasteiger partial charge in [-0.15, -0.1) is 21.5 Å². The van der Waals surface area contributed by atoms with Crippen LogP contribution in [0.15, 0.2) is 159 Å². The summed E-state index contributed by atoms with van der Waals surface area (Å²) >= 11 is 1.91. The molecule has 5 aromatic rings. The normalized spacial score (nSPS) is 14.6. The van der Waals surface area contributed by atoms with E-state index in [0.717, 1.165) is 186 Å². The Kier molecular flexibility index (Phi) is 72.7. The zero-order chi connectivity index (χ0) is 116. The van der Waals surface area contributed by atoms with Gasteiger partial charge in [0, 0.05) is 128 Å². The number of aryl methyl sites for hydroxylation is 5. The maximum Gasteiger partial charge on any atom is 0.227 e. The predicted molar refractivity (Wildman–Crippen MR) is 654 cm³/mol. The molecule has 5 aromatic heterocycles. The average Bonchev–Trinajstić information content (AvgIpc) is 1.68. The van der Waals surface area contributed by atoms with Crippen LogP contribution in [0, 0.1) is 105 Å².